The molecule has 32 heavy (non-hydrogen) atoms. The third kappa shape index (κ3) is 3.94. The fourth-order valence-electron chi connectivity index (χ4n) is 4.33. The number of pyridine rings is 1. The molecule has 0 amide bonds. The average Bonchev–Trinajstić information content (AvgIpc) is 3.48. The van der Waals surface area contributed by atoms with Gasteiger partial charge in [-0.2, -0.15) is 0 Å². The third-order valence-electron chi connectivity index (χ3n) is 6.10. The van der Waals surface area contributed by atoms with E-state index in [2.05, 4.69) is 5.32 Å². The van der Waals surface area contributed by atoms with Gasteiger partial charge in [-0.05, 0) is 75.2 Å². The molecule has 1 unspecified atom stereocenters. The maximum absolute atomic E-state index is 10.7. The first-order valence-corrected chi connectivity index (χ1v) is 11.3. The van der Waals surface area contributed by atoms with Crippen molar-refractivity contribution in [1.82, 2.24) is 10.3 Å². The number of fused-ring (bicyclic) bond motifs is 1. The second-order valence-electron chi connectivity index (χ2n) is 8.25. The molecule has 2 aromatic heterocycles. The van der Waals surface area contributed by atoms with Gasteiger partial charge in [0.05, 0.1) is 28.8 Å². The van der Waals surface area contributed by atoms with Gasteiger partial charge < -0.3 is 19.6 Å². The van der Waals surface area contributed by atoms with E-state index in [4.69, 9.17) is 25.7 Å². The van der Waals surface area contributed by atoms with E-state index in [1.54, 1.807) is 13.2 Å². The minimum Gasteiger partial charge on any atom is -0.505 e. The molecule has 5 rings (SSSR count). The molecular formula is C26H25ClN2O3. The van der Waals surface area contributed by atoms with Gasteiger partial charge in [0.2, 0.25) is 0 Å². The molecule has 3 heterocycles. The van der Waals surface area contributed by atoms with Crippen molar-refractivity contribution in [3.05, 3.63) is 65.5 Å². The molecule has 2 N–H and O–H groups in total. The van der Waals surface area contributed by atoms with Crippen molar-refractivity contribution in [2.45, 2.75) is 19.8 Å². The first kappa shape index (κ1) is 20.9. The summed E-state index contributed by atoms with van der Waals surface area (Å²) in [6, 6.07) is 15.4. The molecule has 0 bridgehead atoms. The number of aryl methyl sites for hydroxylation is 1. The first-order valence-electron chi connectivity index (χ1n) is 10.9. The largest absolute Gasteiger partial charge is 0.505 e. The molecule has 5 nitrogen and oxygen atoms in total. The molecule has 0 spiro atoms. The molecule has 1 atom stereocenters. The molecule has 0 saturated carbocycles. The summed E-state index contributed by atoms with van der Waals surface area (Å²) in [5.41, 5.74) is 3.01. The van der Waals surface area contributed by atoms with Gasteiger partial charge >= 0.3 is 0 Å². The van der Waals surface area contributed by atoms with Gasteiger partial charge in [0.1, 0.15) is 23.5 Å². The normalized spacial score (nSPS) is 16.0. The van der Waals surface area contributed by atoms with Gasteiger partial charge in [0.15, 0.2) is 0 Å². The zero-order valence-corrected chi connectivity index (χ0v) is 18.7. The van der Waals surface area contributed by atoms with Crippen LogP contribution in [0.5, 0.6) is 11.5 Å². The Labute approximate surface area is 192 Å². The molecule has 1 aliphatic rings. The van der Waals surface area contributed by atoms with Crippen molar-refractivity contribution >= 4 is 22.4 Å². The van der Waals surface area contributed by atoms with Crippen molar-refractivity contribution in [2.75, 3.05) is 19.7 Å². The van der Waals surface area contributed by atoms with Gasteiger partial charge in [-0.3, -0.25) is 0 Å². The van der Waals surface area contributed by atoms with Gasteiger partial charge in [-0.25, -0.2) is 4.98 Å². The smallest absolute Gasteiger partial charge is 0.147 e. The number of rotatable bonds is 6. The molecule has 4 aromatic rings. The van der Waals surface area contributed by atoms with Gasteiger partial charge in [0, 0.05) is 16.1 Å². The van der Waals surface area contributed by atoms with Crippen molar-refractivity contribution < 1.29 is 14.3 Å². The lowest BCUT2D eigenvalue weighted by Crippen LogP contribution is -2.11. The van der Waals surface area contributed by atoms with E-state index in [1.165, 1.54) is 6.42 Å². The molecule has 0 radical (unpaired) electrons. The summed E-state index contributed by atoms with van der Waals surface area (Å²) >= 11 is 6.08. The van der Waals surface area contributed by atoms with Crippen LogP contribution in [0, 0.1) is 12.8 Å². The fourth-order valence-corrected chi connectivity index (χ4v) is 4.46. The summed E-state index contributed by atoms with van der Waals surface area (Å²) in [5.74, 6) is 2.20. The molecule has 1 saturated heterocycles. The lowest BCUT2D eigenvalue weighted by Gasteiger charge is -2.15. The number of para-hydroxylation sites is 1. The molecule has 1 fully saturated rings. The highest BCUT2D eigenvalue weighted by molar-refractivity contribution is 6.30. The second kappa shape index (κ2) is 8.85. The first-order chi connectivity index (χ1) is 15.6. The maximum Gasteiger partial charge on any atom is 0.147 e. The predicted octanol–water partition coefficient (Wildman–Crippen LogP) is 6.21. The minimum atomic E-state index is 0.125. The number of benzene rings is 2. The SMILES string of the molecule is Cc1nc(-c2ccccc2OCCC2CCNC2)c2c(-c3ccc(Cl)cc3)occ2c1O. The summed E-state index contributed by atoms with van der Waals surface area (Å²) < 4.78 is 12.2. The lowest BCUT2D eigenvalue weighted by molar-refractivity contribution is 0.284. The Balaban J connectivity index is 1.59. The summed E-state index contributed by atoms with van der Waals surface area (Å²) in [7, 11) is 0. The van der Waals surface area contributed by atoms with Crippen molar-refractivity contribution in [2.24, 2.45) is 5.92 Å². The quantitative estimate of drug-likeness (QED) is 0.367. The number of ether oxygens (including phenoxy) is 1. The summed E-state index contributed by atoms with van der Waals surface area (Å²) in [5, 5.41) is 16.1. The molecule has 0 aliphatic carbocycles. The number of halogens is 1. The van der Waals surface area contributed by atoms with Gasteiger partial charge in [-0.15, -0.1) is 0 Å². The summed E-state index contributed by atoms with van der Waals surface area (Å²) in [6.45, 7) is 4.59. The van der Waals surface area contributed by atoms with Crippen molar-refractivity contribution in [3.8, 4) is 34.1 Å². The highest BCUT2D eigenvalue weighted by atomic mass is 35.5. The van der Waals surface area contributed by atoms with Crippen LogP contribution < -0.4 is 10.1 Å². The van der Waals surface area contributed by atoms with Crippen LogP contribution in [0.25, 0.3) is 33.4 Å². The van der Waals surface area contributed by atoms with Crippen LogP contribution in [0.3, 0.4) is 0 Å². The number of nitrogens with zero attached hydrogens (tertiary/aromatic N) is 1. The maximum atomic E-state index is 10.7. The van der Waals surface area contributed by atoms with Crippen LogP contribution in [-0.2, 0) is 0 Å². The average molecular weight is 449 g/mol. The number of aromatic hydroxyl groups is 1. The van der Waals surface area contributed by atoms with E-state index in [1.807, 2.05) is 48.5 Å². The number of hydrogen-bond acceptors (Lipinski definition) is 5. The molecule has 1 aliphatic heterocycles. The van der Waals surface area contributed by atoms with E-state index in [9.17, 15) is 5.11 Å². The number of furan rings is 1. The Morgan fingerprint density at radius 2 is 2.00 bits per heavy atom. The van der Waals surface area contributed by atoms with Crippen LogP contribution >= 0.6 is 11.6 Å². The van der Waals surface area contributed by atoms with Gasteiger partial charge in [0.25, 0.3) is 0 Å². The Bertz CT molecular complexity index is 1240. The molecular weight excluding hydrogens is 424 g/mol. The van der Waals surface area contributed by atoms with Crippen LogP contribution in [0.4, 0.5) is 0 Å². The highest BCUT2D eigenvalue weighted by Gasteiger charge is 2.22. The highest BCUT2D eigenvalue weighted by Crippen LogP contribution is 2.43. The van der Waals surface area contributed by atoms with Crippen LogP contribution in [-0.4, -0.2) is 29.8 Å². The van der Waals surface area contributed by atoms with Crippen LogP contribution in [0.15, 0.2) is 59.2 Å². The standard InChI is InChI=1S/C26H25ClN2O3/c1-16-25(30)21-15-32-26(18-6-8-19(27)9-7-18)23(21)24(29-16)20-4-2-3-5-22(20)31-13-11-17-10-12-28-14-17/h2-9,15,17,28,30H,10-14H2,1H3. The molecule has 164 valence electrons. The summed E-state index contributed by atoms with van der Waals surface area (Å²) in [6.07, 6.45) is 3.80. The molecule has 6 heteroatoms. The van der Waals surface area contributed by atoms with E-state index in [0.29, 0.717) is 34.4 Å². The summed E-state index contributed by atoms with van der Waals surface area (Å²) in [4.78, 5) is 4.77. The Morgan fingerprint density at radius 1 is 1.19 bits per heavy atom. The second-order valence-corrected chi connectivity index (χ2v) is 8.68. The Morgan fingerprint density at radius 3 is 2.78 bits per heavy atom. The number of aromatic nitrogens is 1. The van der Waals surface area contributed by atoms with E-state index >= 15 is 0 Å². The Hall–Kier alpha value is -3.02. The van der Waals surface area contributed by atoms with E-state index in [-0.39, 0.29) is 5.75 Å². The zero-order valence-electron chi connectivity index (χ0n) is 17.9. The van der Waals surface area contributed by atoms with Crippen LogP contribution in [0.1, 0.15) is 18.5 Å². The topological polar surface area (TPSA) is 67.5 Å². The number of hydrogen-bond donors (Lipinski definition) is 2. The third-order valence-corrected chi connectivity index (χ3v) is 6.35. The van der Waals surface area contributed by atoms with Crippen molar-refractivity contribution in [3.63, 3.8) is 0 Å². The van der Waals surface area contributed by atoms with Crippen molar-refractivity contribution in [1.29, 1.82) is 0 Å². The predicted molar refractivity (Wildman–Crippen MR) is 127 cm³/mol. The fraction of sp³-hybridized carbons (Fsp3) is 0.269. The number of nitrogens with one attached hydrogen (secondary N) is 1. The van der Waals surface area contributed by atoms with Gasteiger partial charge in [-0.1, -0.05) is 23.7 Å². The van der Waals surface area contributed by atoms with E-state index < -0.39 is 0 Å². The Kier molecular flexibility index (Phi) is 5.77. The lowest BCUT2D eigenvalue weighted by atomic mass is 10.00. The molecule has 2 aromatic carbocycles. The van der Waals surface area contributed by atoms with Crippen LogP contribution in [0.2, 0.25) is 5.02 Å². The van der Waals surface area contributed by atoms with E-state index in [0.717, 1.165) is 47.5 Å². The minimum absolute atomic E-state index is 0.125. The zero-order chi connectivity index (χ0) is 22.1. The monoisotopic (exact) mass is 448 g/mol.